The van der Waals surface area contributed by atoms with E-state index in [0.717, 1.165) is 23.4 Å². The molecule has 5 heteroatoms. The third kappa shape index (κ3) is 1.77. The Balaban J connectivity index is 2.10. The molecule has 0 saturated heterocycles. The van der Waals surface area contributed by atoms with Gasteiger partial charge in [-0.3, -0.25) is 4.79 Å². The summed E-state index contributed by atoms with van der Waals surface area (Å²) < 4.78 is 10.4. The molecule has 1 N–H and O–H groups in total. The van der Waals surface area contributed by atoms with Crippen LogP contribution in [0, 0.1) is 0 Å². The minimum atomic E-state index is -0.0709. The molecule has 1 aliphatic rings. The summed E-state index contributed by atoms with van der Waals surface area (Å²) >= 11 is 0. The van der Waals surface area contributed by atoms with Gasteiger partial charge in [0.25, 0.3) is 0 Å². The Morgan fingerprint density at radius 2 is 2.50 bits per heavy atom. The van der Waals surface area contributed by atoms with E-state index in [1.807, 2.05) is 0 Å². The highest BCUT2D eigenvalue weighted by Crippen LogP contribution is 2.20. The van der Waals surface area contributed by atoms with Gasteiger partial charge in [0, 0.05) is 18.9 Å². The number of nitrogens with zero attached hydrogens (tertiary/aromatic N) is 1. The summed E-state index contributed by atoms with van der Waals surface area (Å²) in [6.45, 7) is 3.11. The minimum absolute atomic E-state index is 0.0709. The molecule has 76 valence electrons. The molecule has 1 amide bonds. The number of rotatable bonds is 2. The van der Waals surface area contributed by atoms with Crippen LogP contribution in [0.3, 0.4) is 0 Å². The third-order valence-electron chi connectivity index (χ3n) is 2.18. The predicted molar refractivity (Wildman–Crippen MR) is 47.4 cm³/mol. The van der Waals surface area contributed by atoms with E-state index in [-0.39, 0.29) is 5.91 Å². The highest BCUT2D eigenvalue weighted by Gasteiger charge is 2.19. The number of carbonyl (C=O) groups is 1. The Morgan fingerprint density at radius 1 is 1.64 bits per heavy atom. The van der Waals surface area contributed by atoms with Crippen LogP contribution in [0.1, 0.15) is 23.9 Å². The maximum atomic E-state index is 10.7. The van der Waals surface area contributed by atoms with Crippen LogP contribution in [-0.2, 0) is 29.1 Å². The van der Waals surface area contributed by atoms with E-state index in [9.17, 15) is 4.79 Å². The maximum absolute atomic E-state index is 10.7. The molecular formula is C9H12N2O3. The second kappa shape index (κ2) is 3.79. The molecule has 0 spiro atoms. The number of nitrogens with one attached hydrogen (secondary N) is 1. The van der Waals surface area contributed by atoms with Crippen LogP contribution >= 0.6 is 0 Å². The van der Waals surface area contributed by atoms with E-state index < -0.39 is 0 Å². The second-order valence-corrected chi connectivity index (χ2v) is 3.24. The van der Waals surface area contributed by atoms with Crippen LogP contribution in [-0.4, -0.2) is 17.7 Å². The molecular weight excluding hydrogens is 184 g/mol. The van der Waals surface area contributed by atoms with Gasteiger partial charge in [0.1, 0.15) is 11.5 Å². The molecule has 1 aliphatic heterocycles. The minimum Gasteiger partial charge on any atom is -0.376 e. The lowest BCUT2D eigenvalue weighted by molar-refractivity contribution is -0.119. The molecule has 0 aromatic carbocycles. The van der Waals surface area contributed by atoms with Gasteiger partial charge in [-0.2, -0.15) is 0 Å². The Kier molecular flexibility index (Phi) is 2.49. The molecule has 0 aliphatic carbocycles. The lowest BCUT2D eigenvalue weighted by Crippen LogP contribution is -2.20. The fourth-order valence-corrected chi connectivity index (χ4v) is 1.43. The van der Waals surface area contributed by atoms with Gasteiger partial charge in [-0.25, -0.2) is 0 Å². The molecule has 0 radical (unpaired) electrons. The van der Waals surface area contributed by atoms with E-state index in [1.165, 1.54) is 6.92 Å². The molecule has 2 rings (SSSR count). The Bertz CT molecular complexity index is 346. The van der Waals surface area contributed by atoms with Crippen molar-refractivity contribution in [2.75, 3.05) is 6.61 Å². The summed E-state index contributed by atoms with van der Waals surface area (Å²) in [6, 6.07) is 0. The smallest absolute Gasteiger partial charge is 0.217 e. The van der Waals surface area contributed by atoms with Gasteiger partial charge < -0.3 is 14.6 Å². The summed E-state index contributed by atoms with van der Waals surface area (Å²) in [7, 11) is 0. The van der Waals surface area contributed by atoms with Crippen molar-refractivity contribution < 1.29 is 14.1 Å². The summed E-state index contributed by atoms with van der Waals surface area (Å²) in [6.07, 6.45) is 0.766. The standard InChI is InChI=1S/C9H12N2O3/c1-6(12)10-4-8-7-5-13-3-2-9(7)14-11-8/h2-5H2,1H3,(H,10,12). The fourth-order valence-electron chi connectivity index (χ4n) is 1.43. The van der Waals surface area contributed by atoms with Crippen LogP contribution in [0.4, 0.5) is 0 Å². The van der Waals surface area contributed by atoms with Crippen molar-refractivity contribution in [3.63, 3.8) is 0 Å². The first-order valence-electron chi connectivity index (χ1n) is 4.56. The summed E-state index contributed by atoms with van der Waals surface area (Å²) in [5, 5.41) is 6.58. The quantitative estimate of drug-likeness (QED) is 0.742. The van der Waals surface area contributed by atoms with Crippen molar-refractivity contribution in [2.45, 2.75) is 26.5 Å². The van der Waals surface area contributed by atoms with Crippen molar-refractivity contribution in [2.24, 2.45) is 0 Å². The van der Waals surface area contributed by atoms with E-state index in [2.05, 4.69) is 10.5 Å². The highest BCUT2D eigenvalue weighted by molar-refractivity contribution is 5.72. The van der Waals surface area contributed by atoms with Gasteiger partial charge in [0.2, 0.25) is 5.91 Å². The number of hydrogen-bond acceptors (Lipinski definition) is 4. The number of hydrogen-bond donors (Lipinski definition) is 1. The van der Waals surface area contributed by atoms with Crippen LogP contribution < -0.4 is 5.32 Å². The van der Waals surface area contributed by atoms with E-state index in [4.69, 9.17) is 9.26 Å². The number of fused-ring (bicyclic) bond motifs is 1. The molecule has 14 heavy (non-hydrogen) atoms. The van der Waals surface area contributed by atoms with Gasteiger partial charge in [0.05, 0.1) is 19.8 Å². The Hall–Kier alpha value is -1.36. The lowest BCUT2D eigenvalue weighted by Gasteiger charge is -2.10. The van der Waals surface area contributed by atoms with E-state index in [1.54, 1.807) is 0 Å². The zero-order valence-electron chi connectivity index (χ0n) is 8.00. The molecule has 1 aromatic heterocycles. The van der Waals surface area contributed by atoms with Gasteiger partial charge in [-0.1, -0.05) is 5.16 Å². The van der Waals surface area contributed by atoms with Gasteiger partial charge in [-0.05, 0) is 0 Å². The highest BCUT2D eigenvalue weighted by atomic mass is 16.5. The molecule has 0 atom stereocenters. The predicted octanol–water partition coefficient (Wildman–Crippen LogP) is 0.383. The Labute approximate surface area is 81.4 Å². The maximum Gasteiger partial charge on any atom is 0.217 e. The molecule has 0 bridgehead atoms. The molecule has 5 nitrogen and oxygen atoms in total. The largest absolute Gasteiger partial charge is 0.376 e. The lowest BCUT2D eigenvalue weighted by atomic mass is 10.1. The average Bonchev–Trinajstić information content (AvgIpc) is 2.58. The van der Waals surface area contributed by atoms with E-state index in [0.29, 0.717) is 19.8 Å². The van der Waals surface area contributed by atoms with Gasteiger partial charge in [-0.15, -0.1) is 0 Å². The summed E-state index contributed by atoms with van der Waals surface area (Å²) in [4.78, 5) is 10.7. The average molecular weight is 196 g/mol. The second-order valence-electron chi connectivity index (χ2n) is 3.24. The third-order valence-corrected chi connectivity index (χ3v) is 2.18. The van der Waals surface area contributed by atoms with Crippen LogP contribution in [0.15, 0.2) is 4.52 Å². The molecule has 0 unspecified atom stereocenters. The number of ether oxygens (including phenoxy) is 1. The zero-order valence-corrected chi connectivity index (χ0v) is 8.00. The van der Waals surface area contributed by atoms with Crippen LogP contribution in [0.25, 0.3) is 0 Å². The topological polar surface area (TPSA) is 64.4 Å². The molecule has 0 fully saturated rings. The zero-order chi connectivity index (χ0) is 9.97. The van der Waals surface area contributed by atoms with Crippen molar-refractivity contribution in [1.82, 2.24) is 10.5 Å². The first-order valence-corrected chi connectivity index (χ1v) is 4.56. The van der Waals surface area contributed by atoms with Crippen molar-refractivity contribution >= 4 is 5.91 Å². The van der Waals surface area contributed by atoms with Crippen molar-refractivity contribution in [3.8, 4) is 0 Å². The van der Waals surface area contributed by atoms with Crippen molar-refractivity contribution in [3.05, 3.63) is 17.0 Å². The molecule has 1 aromatic rings. The fraction of sp³-hybridized carbons (Fsp3) is 0.556. The SMILES string of the molecule is CC(=O)NCc1noc2c1COCC2. The van der Waals surface area contributed by atoms with E-state index >= 15 is 0 Å². The normalized spacial score (nSPS) is 14.9. The molecule has 0 saturated carbocycles. The van der Waals surface area contributed by atoms with Gasteiger partial charge >= 0.3 is 0 Å². The Morgan fingerprint density at radius 3 is 3.29 bits per heavy atom. The monoisotopic (exact) mass is 196 g/mol. The molecule has 2 heterocycles. The first kappa shape index (κ1) is 9.21. The van der Waals surface area contributed by atoms with Crippen LogP contribution in [0.2, 0.25) is 0 Å². The first-order chi connectivity index (χ1) is 6.77. The van der Waals surface area contributed by atoms with Gasteiger partial charge in [0.15, 0.2) is 0 Å². The number of amides is 1. The number of aromatic nitrogens is 1. The van der Waals surface area contributed by atoms with Crippen LogP contribution in [0.5, 0.6) is 0 Å². The summed E-state index contributed by atoms with van der Waals surface area (Å²) in [5.41, 5.74) is 1.76. The number of carbonyl (C=O) groups excluding carboxylic acids is 1. The van der Waals surface area contributed by atoms with Crippen molar-refractivity contribution in [1.29, 1.82) is 0 Å². The summed E-state index contributed by atoms with van der Waals surface area (Å²) in [5.74, 6) is 0.815.